The van der Waals surface area contributed by atoms with E-state index in [1.807, 2.05) is 0 Å². The van der Waals surface area contributed by atoms with Gasteiger partial charge in [0.2, 0.25) is 0 Å². The maximum Gasteiger partial charge on any atom is 0.420 e. The summed E-state index contributed by atoms with van der Waals surface area (Å²) in [7, 11) is 0. The molecule has 180 valence electrons. The van der Waals surface area contributed by atoms with Crippen molar-refractivity contribution in [3.8, 4) is 11.1 Å². The molecular formula is C24H17ClF3N3O4. The van der Waals surface area contributed by atoms with Crippen LogP contribution in [0.4, 0.5) is 13.2 Å². The van der Waals surface area contributed by atoms with Crippen LogP contribution in [0.3, 0.4) is 0 Å². The Morgan fingerprint density at radius 1 is 1.14 bits per heavy atom. The van der Waals surface area contributed by atoms with Crippen molar-refractivity contribution in [1.29, 1.82) is 0 Å². The first-order valence-electron chi connectivity index (χ1n) is 10.6. The zero-order valence-electron chi connectivity index (χ0n) is 17.9. The van der Waals surface area contributed by atoms with Crippen molar-refractivity contribution in [2.24, 2.45) is 0 Å². The Morgan fingerprint density at radius 2 is 1.89 bits per heavy atom. The summed E-state index contributed by atoms with van der Waals surface area (Å²) < 4.78 is 47.8. The molecule has 5 rings (SSSR count). The maximum absolute atomic E-state index is 13.9. The summed E-state index contributed by atoms with van der Waals surface area (Å²) in [6.07, 6.45) is -0.341. The third kappa shape index (κ3) is 3.56. The molecule has 1 fully saturated rings. The van der Waals surface area contributed by atoms with Crippen molar-refractivity contribution >= 4 is 29.1 Å². The Hall–Kier alpha value is -3.79. The van der Waals surface area contributed by atoms with Crippen LogP contribution in [0.5, 0.6) is 0 Å². The van der Waals surface area contributed by atoms with E-state index in [1.54, 1.807) is 30.3 Å². The third-order valence-electron chi connectivity index (χ3n) is 6.26. The number of fused-ring (bicyclic) bond motifs is 1. The fraction of sp³-hybridized carbons (Fsp3) is 0.208. The van der Waals surface area contributed by atoms with Gasteiger partial charge in [0.1, 0.15) is 5.15 Å². The highest BCUT2D eigenvalue weighted by Crippen LogP contribution is 2.42. The van der Waals surface area contributed by atoms with E-state index in [1.165, 1.54) is 24.8 Å². The van der Waals surface area contributed by atoms with Crippen LogP contribution in [0.1, 0.15) is 34.5 Å². The maximum atomic E-state index is 13.9. The summed E-state index contributed by atoms with van der Waals surface area (Å²) in [5.41, 5.74) is -2.87. The number of furan rings is 1. The molecule has 0 spiro atoms. The molecule has 1 aliphatic rings. The molecular weight excluding hydrogens is 487 g/mol. The van der Waals surface area contributed by atoms with Gasteiger partial charge in [-0.15, -0.1) is 0 Å². The molecule has 1 aromatic carbocycles. The second kappa shape index (κ2) is 8.16. The van der Waals surface area contributed by atoms with Gasteiger partial charge in [0.25, 0.3) is 5.91 Å². The van der Waals surface area contributed by atoms with Crippen LogP contribution in [0.25, 0.3) is 16.8 Å². The number of aromatic nitrogens is 2. The number of carbonyl (C=O) groups excluding carboxylic acids is 1. The number of benzene rings is 1. The molecule has 1 amide bonds. The van der Waals surface area contributed by atoms with Crippen LogP contribution in [0, 0.1) is 0 Å². The minimum atomic E-state index is -4.79. The molecule has 3 aromatic heterocycles. The lowest BCUT2D eigenvalue weighted by molar-refractivity contribution is -0.149. The van der Waals surface area contributed by atoms with Crippen molar-refractivity contribution in [1.82, 2.24) is 14.3 Å². The molecule has 0 radical (unpaired) electrons. The zero-order chi connectivity index (χ0) is 25.0. The molecule has 1 saturated heterocycles. The molecule has 0 saturated carbocycles. The normalized spacial score (nSPS) is 18.3. The van der Waals surface area contributed by atoms with Crippen molar-refractivity contribution < 1.29 is 32.3 Å². The largest absolute Gasteiger partial charge is 0.479 e. The van der Waals surface area contributed by atoms with E-state index in [9.17, 15) is 27.9 Å². The number of halogens is 4. The van der Waals surface area contributed by atoms with Crippen LogP contribution < -0.4 is 0 Å². The second-order valence-electron chi connectivity index (χ2n) is 8.19. The van der Waals surface area contributed by atoms with Gasteiger partial charge in [-0.2, -0.15) is 13.2 Å². The highest BCUT2D eigenvalue weighted by molar-refractivity contribution is 6.33. The Kier molecular flexibility index (Phi) is 5.36. The Balaban J connectivity index is 1.68. The minimum Gasteiger partial charge on any atom is -0.479 e. The molecule has 0 aliphatic carbocycles. The molecule has 7 nitrogen and oxygen atoms in total. The Labute approximate surface area is 201 Å². The topological polar surface area (TPSA) is 88.1 Å². The fourth-order valence-corrected chi connectivity index (χ4v) is 4.88. The van der Waals surface area contributed by atoms with Gasteiger partial charge in [-0.25, -0.2) is 9.78 Å². The van der Waals surface area contributed by atoms with Crippen LogP contribution >= 0.6 is 11.6 Å². The number of hydrogen-bond acceptors (Lipinski definition) is 4. The summed E-state index contributed by atoms with van der Waals surface area (Å²) in [5, 5.41) is 9.83. The molecule has 1 unspecified atom stereocenters. The highest BCUT2D eigenvalue weighted by atomic mass is 35.5. The van der Waals surface area contributed by atoms with Crippen LogP contribution in [-0.2, 0) is 16.5 Å². The first kappa shape index (κ1) is 23.0. The predicted molar refractivity (Wildman–Crippen MR) is 119 cm³/mol. The number of likely N-dealkylation sites (tertiary alicyclic amines) is 1. The van der Waals surface area contributed by atoms with Crippen LogP contribution in [-0.4, -0.2) is 37.8 Å². The number of amides is 1. The number of alkyl halides is 3. The van der Waals surface area contributed by atoms with E-state index in [2.05, 4.69) is 4.98 Å². The SMILES string of the molecule is O=C(c1nc2c(C(F)(F)F)cc(-c3ccoc3)cn2c1Cl)N1CCCC1(C(=O)O)c1ccccc1. The molecule has 35 heavy (non-hydrogen) atoms. The third-order valence-corrected chi connectivity index (χ3v) is 6.62. The number of aliphatic carboxylic acids is 1. The molecule has 1 N–H and O–H groups in total. The molecule has 1 aliphatic heterocycles. The molecule has 4 aromatic rings. The lowest BCUT2D eigenvalue weighted by atomic mass is 9.87. The van der Waals surface area contributed by atoms with E-state index < -0.39 is 40.5 Å². The zero-order valence-corrected chi connectivity index (χ0v) is 18.7. The number of nitrogens with zero attached hydrogens (tertiary/aromatic N) is 3. The van der Waals surface area contributed by atoms with Gasteiger partial charge in [-0.05, 0) is 30.5 Å². The van der Waals surface area contributed by atoms with Crippen LogP contribution in [0.15, 0.2) is 65.6 Å². The van der Waals surface area contributed by atoms with Crippen molar-refractivity contribution in [2.75, 3.05) is 6.54 Å². The van der Waals surface area contributed by atoms with Gasteiger partial charge >= 0.3 is 12.1 Å². The quantitative estimate of drug-likeness (QED) is 0.398. The van der Waals surface area contributed by atoms with E-state index in [4.69, 9.17) is 16.0 Å². The van der Waals surface area contributed by atoms with Crippen molar-refractivity contribution in [3.63, 3.8) is 0 Å². The summed E-state index contributed by atoms with van der Waals surface area (Å²) >= 11 is 6.42. The average molecular weight is 504 g/mol. The number of carboxylic acid groups (broad SMARTS) is 1. The lowest BCUT2D eigenvalue weighted by Crippen LogP contribution is -2.50. The molecule has 4 heterocycles. The summed E-state index contributed by atoms with van der Waals surface area (Å²) in [6.45, 7) is 0.0800. The summed E-state index contributed by atoms with van der Waals surface area (Å²) in [4.78, 5) is 31.2. The van der Waals surface area contributed by atoms with Crippen molar-refractivity contribution in [2.45, 2.75) is 24.6 Å². The number of carbonyl (C=O) groups is 2. The van der Waals surface area contributed by atoms with Gasteiger partial charge in [-0.3, -0.25) is 9.20 Å². The average Bonchev–Trinajstić information content (AvgIpc) is 3.58. The van der Waals surface area contributed by atoms with E-state index in [0.717, 1.165) is 15.4 Å². The number of hydrogen-bond donors (Lipinski definition) is 1. The van der Waals surface area contributed by atoms with Crippen molar-refractivity contribution in [3.05, 3.63) is 83.2 Å². The summed E-state index contributed by atoms with van der Waals surface area (Å²) in [6, 6.07) is 10.6. The lowest BCUT2D eigenvalue weighted by Gasteiger charge is -2.34. The monoisotopic (exact) mass is 503 g/mol. The van der Waals surface area contributed by atoms with E-state index in [0.29, 0.717) is 17.5 Å². The van der Waals surface area contributed by atoms with Gasteiger partial charge in [0, 0.05) is 23.9 Å². The Morgan fingerprint density at radius 3 is 2.51 bits per heavy atom. The van der Waals surface area contributed by atoms with Gasteiger partial charge in [0.15, 0.2) is 16.9 Å². The Bertz CT molecular complexity index is 1430. The van der Waals surface area contributed by atoms with E-state index in [-0.39, 0.29) is 23.7 Å². The second-order valence-corrected chi connectivity index (χ2v) is 8.55. The molecule has 11 heteroatoms. The number of carboxylic acids is 1. The van der Waals surface area contributed by atoms with Gasteiger partial charge in [0.05, 0.1) is 18.1 Å². The van der Waals surface area contributed by atoms with E-state index >= 15 is 0 Å². The molecule has 0 bridgehead atoms. The predicted octanol–water partition coefficient (Wildman–Crippen LogP) is 5.48. The number of pyridine rings is 1. The van der Waals surface area contributed by atoms with Crippen LogP contribution in [0.2, 0.25) is 5.15 Å². The minimum absolute atomic E-state index is 0.0800. The fourth-order valence-electron chi connectivity index (χ4n) is 4.63. The van der Waals surface area contributed by atoms with Gasteiger partial charge in [-0.1, -0.05) is 41.9 Å². The summed E-state index contributed by atoms with van der Waals surface area (Å²) in [5.74, 6) is -2.10. The number of imidazole rings is 1. The smallest absolute Gasteiger partial charge is 0.420 e. The first-order valence-corrected chi connectivity index (χ1v) is 10.9. The number of rotatable bonds is 4. The highest BCUT2D eigenvalue weighted by Gasteiger charge is 2.52. The van der Waals surface area contributed by atoms with Gasteiger partial charge < -0.3 is 14.4 Å². The molecule has 1 atom stereocenters. The standard InChI is InChI=1S/C24H17ClF3N3O4/c25-19-18(21(32)31-9-4-8-23(31,22(33)34)16-5-2-1-3-6-16)29-20-17(24(26,27)28)11-15(12-30(19)20)14-7-10-35-13-14/h1-3,5-7,10-13H,4,8-9H2,(H,33,34). The first-order chi connectivity index (χ1) is 16.6.